The monoisotopic (exact) mass is 257 g/mol. The molecule has 0 amide bonds. The van der Waals surface area contributed by atoms with Gasteiger partial charge in [-0.1, -0.05) is 18.2 Å². The summed E-state index contributed by atoms with van der Waals surface area (Å²) >= 11 is 0. The van der Waals surface area contributed by atoms with E-state index in [1.54, 1.807) is 6.20 Å². The van der Waals surface area contributed by atoms with E-state index < -0.39 is 5.97 Å². The number of carboxylic acids is 1. The standard InChI is InChI=1S/C14H15N3O2/c18-13(19)7-8-17(11-5-6-11)14-15-9-10-3-1-2-4-12(10)16-14/h1-4,9,11H,5-8H2,(H,18,19). The number of hydrogen-bond acceptors (Lipinski definition) is 4. The number of carboxylic acid groups (broad SMARTS) is 1. The van der Waals surface area contributed by atoms with Crippen LogP contribution in [0.15, 0.2) is 30.5 Å². The number of fused-ring (bicyclic) bond motifs is 1. The van der Waals surface area contributed by atoms with E-state index in [2.05, 4.69) is 9.97 Å². The van der Waals surface area contributed by atoms with Crippen LogP contribution in [0.25, 0.3) is 10.9 Å². The van der Waals surface area contributed by atoms with Gasteiger partial charge in [0.1, 0.15) is 0 Å². The molecule has 0 unspecified atom stereocenters. The van der Waals surface area contributed by atoms with E-state index in [-0.39, 0.29) is 6.42 Å². The molecular weight excluding hydrogens is 242 g/mol. The molecule has 1 N–H and O–H groups in total. The summed E-state index contributed by atoms with van der Waals surface area (Å²) in [6.45, 7) is 0.471. The van der Waals surface area contributed by atoms with Crippen molar-refractivity contribution in [1.82, 2.24) is 9.97 Å². The summed E-state index contributed by atoms with van der Waals surface area (Å²) in [6.07, 6.45) is 4.10. The highest BCUT2D eigenvalue weighted by atomic mass is 16.4. The van der Waals surface area contributed by atoms with E-state index in [1.807, 2.05) is 29.2 Å². The molecule has 1 aromatic heterocycles. The van der Waals surface area contributed by atoms with Crippen molar-refractivity contribution in [2.45, 2.75) is 25.3 Å². The number of para-hydroxylation sites is 1. The first kappa shape index (κ1) is 11.9. The zero-order chi connectivity index (χ0) is 13.2. The minimum absolute atomic E-state index is 0.118. The largest absolute Gasteiger partial charge is 0.481 e. The first-order valence-electron chi connectivity index (χ1n) is 6.44. The molecule has 1 aliphatic rings. The van der Waals surface area contributed by atoms with Crippen LogP contribution < -0.4 is 4.90 Å². The second-order valence-electron chi connectivity index (χ2n) is 4.80. The first-order chi connectivity index (χ1) is 9.24. The highest BCUT2D eigenvalue weighted by Crippen LogP contribution is 2.30. The predicted molar refractivity (Wildman–Crippen MR) is 72.2 cm³/mol. The fourth-order valence-electron chi connectivity index (χ4n) is 2.15. The number of aliphatic carboxylic acids is 1. The molecule has 0 atom stereocenters. The van der Waals surface area contributed by atoms with Crippen molar-refractivity contribution in [2.24, 2.45) is 0 Å². The van der Waals surface area contributed by atoms with Gasteiger partial charge in [-0.25, -0.2) is 9.97 Å². The maximum absolute atomic E-state index is 10.7. The van der Waals surface area contributed by atoms with Gasteiger partial charge in [0.25, 0.3) is 0 Å². The molecule has 0 radical (unpaired) electrons. The number of nitrogens with zero attached hydrogens (tertiary/aromatic N) is 3. The Hall–Kier alpha value is -2.17. The summed E-state index contributed by atoms with van der Waals surface area (Å²) in [5.41, 5.74) is 0.897. The fourth-order valence-corrected chi connectivity index (χ4v) is 2.15. The molecule has 5 nitrogen and oxygen atoms in total. The lowest BCUT2D eigenvalue weighted by Gasteiger charge is -2.21. The molecule has 1 saturated carbocycles. The summed E-state index contributed by atoms with van der Waals surface area (Å²) < 4.78 is 0. The van der Waals surface area contributed by atoms with Crippen LogP contribution in [-0.4, -0.2) is 33.6 Å². The molecular formula is C14H15N3O2. The normalized spacial score (nSPS) is 14.5. The van der Waals surface area contributed by atoms with Crippen LogP contribution in [0, 0.1) is 0 Å². The molecule has 1 aromatic carbocycles. The van der Waals surface area contributed by atoms with E-state index in [1.165, 1.54) is 0 Å². The van der Waals surface area contributed by atoms with Gasteiger partial charge in [0.2, 0.25) is 5.95 Å². The maximum atomic E-state index is 10.7. The van der Waals surface area contributed by atoms with Crippen molar-refractivity contribution in [3.05, 3.63) is 30.5 Å². The molecule has 0 spiro atoms. The number of rotatable bonds is 5. The molecule has 98 valence electrons. The highest BCUT2D eigenvalue weighted by molar-refractivity contribution is 5.78. The Morgan fingerprint density at radius 3 is 2.89 bits per heavy atom. The molecule has 1 fully saturated rings. The van der Waals surface area contributed by atoms with Crippen LogP contribution >= 0.6 is 0 Å². The number of benzene rings is 1. The van der Waals surface area contributed by atoms with Crippen LogP contribution in [-0.2, 0) is 4.79 Å². The van der Waals surface area contributed by atoms with Crippen molar-refractivity contribution in [2.75, 3.05) is 11.4 Å². The lowest BCUT2D eigenvalue weighted by atomic mass is 10.2. The molecule has 3 rings (SSSR count). The molecule has 5 heteroatoms. The average Bonchev–Trinajstić information content (AvgIpc) is 3.23. The second-order valence-corrected chi connectivity index (χ2v) is 4.80. The number of aromatic nitrogens is 2. The van der Waals surface area contributed by atoms with Crippen LogP contribution in [0.2, 0.25) is 0 Å². The average molecular weight is 257 g/mol. The van der Waals surface area contributed by atoms with Crippen molar-refractivity contribution in [1.29, 1.82) is 0 Å². The first-order valence-corrected chi connectivity index (χ1v) is 6.44. The third kappa shape index (κ3) is 2.65. The van der Waals surface area contributed by atoms with E-state index in [9.17, 15) is 4.79 Å². The minimum atomic E-state index is -0.786. The zero-order valence-electron chi connectivity index (χ0n) is 10.5. The molecule has 0 bridgehead atoms. The number of hydrogen-bond donors (Lipinski definition) is 1. The molecule has 19 heavy (non-hydrogen) atoms. The summed E-state index contributed by atoms with van der Waals surface area (Å²) in [4.78, 5) is 21.6. The number of carbonyl (C=O) groups is 1. The van der Waals surface area contributed by atoms with Gasteiger partial charge in [0, 0.05) is 24.2 Å². The van der Waals surface area contributed by atoms with Crippen molar-refractivity contribution >= 4 is 22.8 Å². The Balaban J connectivity index is 1.88. The van der Waals surface area contributed by atoms with Crippen LogP contribution in [0.5, 0.6) is 0 Å². The third-order valence-electron chi connectivity index (χ3n) is 3.29. The maximum Gasteiger partial charge on any atom is 0.305 e. The molecule has 2 aromatic rings. The van der Waals surface area contributed by atoms with Crippen LogP contribution in [0.1, 0.15) is 19.3 Å². The van der Waals surface area contributed by atoms with Gasteiger partial charge in [-0.3, -0.25) is 4.79 Å². The van der Waals surface area contributed by atoms with E-state index in [0.29, 0.717) is 18.5 Å². The fraction of sp³-hybridized carbons (Fsp3) is 0.357. The quantitative estimate of drug-likeness (QED) is 0.888. The Bertz CT molecular complexity index is 610. The summed E-state index contributed by atoms with van der Waals surface area (Å²) in [5.74, 6) is -0.145. The predicted octanol–water partition coefficient (Wildman–Crippen LogP) is 2.07. The Labute approximate surface area is 110 Å². The summed E-state index contributed by atoms with van der Waals surface area (Å²) in [6, 6.07) is 8.22. The third-order valence-corrected chi connectivity index (χ3v) is 3.29. The minimum Gasteiger partial charge on any atom is -0.481 e. The highest BCUT2D eigenvalue weighted by Gasteiger charge is 2.31. The van der Waals surface area contributed by atoms with Crippen LogP contribution in [0.4, 0.5) is 5.95 Å². The van der Waals surface area contributed by atoms with Gasteiger partial charge in [-0.15, -0.1) is 0 Å². The van der Waals surface area contributed by atoms with E-state index in [4.69, 9.17) is 5.11 Å². The van der Waals surface area contributed by atoms with Gasteiger partial charge >= 0.3 is 5.97 Å². The zero-order valence-corrected chi connectivity index (χ0v) is 10.5. The number of anilines is 1. The van der Waals surface area contributed by atoms with E-state index in [0.717, 1.165) is 23.7 Å². The van der Waals surface area contributed by atoms with Crippen molar-refractivity contribution < 1.29 is 9.90 Å². The molecule has 0 aliphatic heterocycles. The van der Waals surface area contributed by atoms with E-state index >= 15 is 0 Å². The van der Waals surface area contributed by atoms with Crippen LogP contribution in [0.3, 0.4) is 0 Å². The topological polar surface area (TPSA) is 66.3 Å². The lowest BCUT2D eigenvalue weighted by molar-refractivity contribution is -0.136. The van der Waals surface area contributed by atoms with Gasteiger partial charge in [0.15, 0.2) is 0 Å². The summed E-state index contributed by atoms with van der Waals surface area (Å²) in [7, 11) is 0. The van der Waals surface area contributed by atoms with Gasteiger partial charge in [-0.05, 0) is 18.9 Å². The summed E-state index contributed by atoms with van der Waals surface area (Å²) in [5, 5.41) is 9.82. The molecule has 1 heterocycles. The van der Waals surface area contributed by atoms with Gasteiger partial charge in [0.05, 0.1) is 11.9 Å². The Kier molecular flexibility index (Phi) is 3.03. The van der Waals surface area contributed by atoms with Gasteiger partial charge in [-0.2, -0.15) is 0 Å². The SMILES string of the molecule is O=C(O)CCN(c1ncc2ccccc2n1)C1CC1. The lowest BCUT2D eigenvalue weighted by Crippen LogP contribution is -2.30. The smallest absolute Gasteiger partial charge is 0.305 e. The van der Waals surface area contributed by atoms with Crippen molar-refractivity contribution in [3.8, 4) is 0 Å². The van der Waals surface area contributed by atoms with Gasteiger partial charge < -0.3 is 10.0 Å². The Morgan fingerprint density at radius 1 is 1.37 bits per heavy atom. The molecule has 0 saturated heterocycles. The molecule has 1 aliphatic carbocycles. The Morgan fingerprint density at radius 2 is 2.16 bits per heavy atom. The van der Waals surface area contributed by atoms with Crippen molar-refractivity contribution in [3.63, 3.8) is 0 Å². The second kappa shape index (κ2) is 4.84.